The summed E-state index contributed by atoms with van der Waals surface area (Å²) in [5.41, 5.74) is 2.80. The highest BCUT2D eigenvalue weighted by atomic mass is 15.2. The molecule has 0 aliphatic carbocycles. The predicted octanol–water partition coefficient (Wildman–Crippen LogP) is 4.14. The second kappa shape index (κ2) is 17.0. The van der Waals surface area contributed by atoms with Crippen LogP contribution in [-0.4, -0.2) is 200 Å². The zero-order valence-corrected chi connectivity index (χ0v) is 33.4. The molecule has 8 heteroatoms. The van der Waals surface area contributed by atoms with Crippen molar-refractivity contribution in [2.45, 2.75) is 77.0 Å². The zero-order valence-electron chi connectivity index (χ0n) is 33.4. The van der Waals surface area contributed by atoms with Crippen LogP contribution in [0.3, 0.4) is 0 Å². The molecule has 0 radical (unpaired) electrons. The molecule has 0 aromatic heterocycles. The van der Waals surface area contributed by atoms with Gasteiger partial charge in [0.15, 0.2) is 0 Å². The molecule has 8 saturated heterocycles. The standard InChI is InChI=1S/C11H22N2.2C10H20N2.C9H18N2/c1-12-7-3-11(4-8-12)5-9-13(2)10-6-11;1-11-6-3-10(4-7-11)5-8-12(2)9-10;1-11-6-3-4-10(8-11)5-7-12(2)9-10;1-10-5-3-9(7-10)4-6-11(2)8-9/h3-10H2,1-2H3;2*3-9H2,1-2H3;3-8H2,1-2H3. The van der Waals surface area contributed by atoms with Crippen molar-refractivity contribution in [2.24, 2.45) is 21.7 Å². The van der Waals surface area contributed by atoms with E-state index in [0.29, 0.717) is 16.2 Å². The molecule has 0 saturated carbocycles. The fraction of sp³-hybridized carbons (Fsp3) is 1.00. The van der Waals surface area contributed by atoms with Crippen molar-refractivity contribution in [3.63, 3.8) is 0 Å². The van der Waals surface area contributed by atoms with Crippen LogP contribution in [0.5, 0.6) is 0 Å². The van der Waals surface area contributed by atoms with Gasteiger partial charge in [0.2, 0.25) is 0 Å². The van der Waals surface area contributed by atoms with Gasteiger partial charge >= 0.3 is 0 Å². The molecule has 8 heterocycles. The highest BCUT2D eigenvalue weighted by Gasteiger charge is 2.42. The highest BCUT2D eigenvalue weighted by Crippen LogP contribution is 2.42. The number of nitrogens with zero attached hydrogens (tertiary/aromatic N) is 8. The Hall–Kier alpha value is -0.320. The van der Waals surface area contributed by atoms with E-state index < -0.39 is 0 Å². The quantitative estimate of drug-likeness (QED) is 0.379. The maximum atomic E-state index is 2.50. The molecular formula is C40H80N8. The van der Waals surface area contributed by atoms with Crippen LogP contribution in [0.25, 0.3) is 0 Å². The van der Waals surface area contributed by atoms with Crippen molar-refractivity contribution in [1.82, 2.24) is 39.2 Å². The summed E-state index contributed by atoms with van der Waals surface area (Å²) in [6, 6.07) is 0. The Labute approximate surface area is 298 Å². The number of piperidine rings is 4. The molecule has 280 valence electrons. The maximum Gasteiger partial charge on any atom is 0.00481 e. The summed E-state index contributed by atoms with van der Waals surface area (Å²) in [7, 11) is 18.0. The Morgan fingerprint density at radius 2 is 0.458 bits per heavy atom. The van der Waals surface area contributed by atoms with Crippen LogP contribution in [0.2, 0.25) is 0 Å². The summed E-state index contributed by atoms with van der Waals surface area (Å²) in [5.74, 6) is 0. The lowest BCUT2D eigenvalue weighted by atomic mass is 9.71. The number of likely N-dealkylation sites (tertiary alicyclic amines) is 8. The van der Waals surface area contributed by atoms with E-state index in [4.69, 9.17) is 0 Å². The topological polar surface area (TPSA) is 25.9 Å². The molecule has 1 atom stereocenters. The molecule has 8 fully saturated rings. The second-order valence-corrected chi connectivity index (χ2v) is 19.2. The van der Waals surface area contributed by atoms with E-state index in [0.717, 1.165) is 5.41 Å². The van der Waals surface area contributed by atoms with Crippen molar-refractivity contribution < 1.29 is 0 Å². The summed E-state index contributed by atoms with van der Waals surface area (Å²) in [4.78, 5) is 19.8. The van der Waals surface area contributed by atoms with Gasteiger partial charge in [0.25, 0.3) is 0 Å². The van der Waals surface area contributed by atoms with Crippen LogP contribution in [0.1, 0.15) is 77.0 Å². The van der Waals surface area contributed by atoms with Gasteiger partial charge in [-0.15, -0.1) is 0 Å². The second-order valence-electron chi connectivity index (χ2n) is 19.2. The van der Waals surface area contributed by atoms with Gasteiger partial charge < -0.3 is 39.2 Å². The van der Waals surface area contributed by atoms with Crippen LogP contribution < -0.4 is 0 Å². The first-order valence-electron chi connectivity index (χ1n) is 20.3. The third-order valence-corrected chi connectivity index (χ3v) is 14.5. The lowest BCUT2D eigenvalue weighted by Crippen LogP contribution is -2.44. The lowest BCUT2D eigenvalue weighted by molar-refractivity contribution is 0.0519. The van der Waals surface area contributed by atoms with E-state index in [1.54, 1.807) is 0 Å². The van der Waals surface area contributed by atoms with Crippen LogP contribution >= 0.6 is 0 Å². The van der Waals surface area contributed by atoms with Crippen LogP contribution in [0, 0.1) is 21.7 Å². The molecule has 0 bridgehead atoms. The van der Waals surface area contributed by atoms with Gasteiger partial charge in [-0.3, -0.25) is 0 Å². The van der Waals surface area contributed by atoms with Crippen LogP contribution in [-0.2, 0) is 0 Å². The first-order valence-corrected chi connectivity index (χ1v) is 20.3. The van der Waals surface area contributed by atoms with E-state index in [2.05, 4.69) is 95.6 Å². The Kier molecular flexibility index (Phi) is 13.8. The smallest absolute Gasteiger partial charge is 0.00481 e. The normalized spacial score (nSPS) is 33.5. The van der Waals surface area contributed by atoms with E-state index in [9.17, 15) is 0 Å². The van der Waals surface area contributed by atoms with Gasteiger partial charge in [-0.25, -0.2) is 0 Å². The fourth-order valence-electron chi connectivity index (χ4n) is 10.9. The zero-order chi connectivity index (χ0) is 34.4. The Balaban J connectivity index is 0.000000125. The third-order valence-electron chi connectivity index (χ3n) is 14.5. The first kappa shape index (κ1) is 38.9. The molecule has 48 heavy (non-hydrogen) atoms. The van der Waals surface area contributed by atoms with Gasteiger partial charge in [-0.1, -0.05) is 0 Å². The number of rotatable bonds is 0. The summed E-state index contributed by atoms with van der Waals surface area (Å²) < 4.78 is 0. The molecule has 8 rings (SSSR count). The molecule has 0 amide bonds. The molecule has 4 spiro atoms. The molecule has 0 N–H and O–H groups in total. The van der Waals surface area contributed by atoms with E-state index in [1.807, 2.05) is 0 Å². The van der Waals surface area contributed by atoms with Crippen molar-refractivity contribution >= 4 is 0 Å². The van der Waals surface area contributed by atoms with Gasteiger partial charge in [0.1, 0.15) is 0 Å². The van der Waals surface area contributed by atoms with Gasteiger partial charge in [-0.2, -0.15) is 0 Å². The molecular weight excluding hydrogens is 592 g/mol. The predicted molar refractivity (Wildman–Crippen MR) is 205 cm³/mol. The minimum absolute atomic E-state index is 0.668. The van der Waals surface area contributed by atoms with E-state index in [-0.39, 0.29) is 0 Å². The average molecular weight is 673 g/mol. The summed E-state index contributed by atoms with van der Waals surface area (Å²) in [6.07, 6.45) is 17.2. The molecule has 8 nitrogen and oxygen atoms in total. The van der Waals surface area contributed by atoms with Gasteiger partial charge in [-0.05, 0) is 227 Å². The van der Waals surface area contributed by atoms with Crippen molar-refractivity contribution in [1.29, 1.82) is 0 Å². The monoisotopic (exact) mass is 673 g/mol. The maximum absolute atomic E-state index is 2.50. The van der Waals surface area contributed by atoms with Crippen molar-refractivity contribution in [3.8, 4) is 0 Å². The number of hydrogen-bond donors (Lipinski definition) is 0. The largest absolute Gasteiger partial charge is 0.306 e. The summed E-state index contributed by atoms with van der Waals surface area (Å²) >= 11 is 0. The molecule has 1 unspecified atom stereocenters. The first-order chi connectivity index (χ1) is 22.8. The Morgan fingerprint density at radius 3 is 0.750 bits per heavy atom. The van der Waals surface area contributed by atoms with Crippen LogP contribution in [0.4, 0.5) is 0 Å². The minimum atomic E-state index is 0.668. The molecule has 8 aliphatic heterocycles. The fourth-order valence-corrected chi connectivity index (χ4v) is 10.9. The molecule has 8 aliphatic rings. The average Bonchev–Trinajstić information content (AvgIpc) is 3.82. The van der Waals surface area contributed by atoms with E-state index in [1.165, 1.54) is 182 Å². The lowest BCUT2D eigenvalue weighted by Gasteiger charge is -2.45. The highest BCUT2D eigenvalue weighted by molar-refractivity contribution is 4.96. The van der Waals surface area contributed by atoms with Crippen molar-refractivity contribution in [3.05, 3.63) is 0 Å². The Morgan fingerprint density at radius 1 is 0.229 bits per heavy atom. The van der Waals surface area contributed by atoms with Crippen molar-refractivity contribution in [2.75, 3.05) is 161 Å². The summed E-state index contributed by atoms with van der Waals surface area (Å²) in [6.45, 7) is 21.2. The van der Waals surface area contributed by atoms with Crippen LogP contribution in [0.15, 0.2) is 0 Å². The van der Waals surface area contributed by atoms with Gasteiger partial charge in [0.05, 0.1) is 0 Å². The number of hydrogen-bond acceptors (Lipinski definition) is 8. The molecule has 0 aromatic rings. The SMILES string of the molecule is CN1CCC2(CC1)CCN(C)C2.CN1CCC2(CC1)CCN(C)CC2.CN1CCC2(CCN(C)C2)C1.CN1CCCC2(CCN(C)C2)C1. The third kappa shape index (κ3) is 10.8. The van der Waals surface area contributed by atoms with Gasteiger partial charge in [0, 0.05) is 32.7 Å². The summed E-state index contributed by atoms with van der Waals surface area (Å²) in [5, 5.41) is 0. The molecule has 0 aromatic carbocycles. The Bertz CT molecular complexity index is 905. The minimum Gasteiger partial charge on any atom is -0.306 e. The van der Waals surface area contributed by atoms with E-state index >= 15 is 0 Å².